The predicted octanol–water partition coefficient (Wildman–Crippen LogP) is 4.49. The summed E-state index contributed by atoms with van der Waals surface area (Å²) in [5.74, 6) is 0. The van der Waals surface area contributed by atoms with Crippen LogP contribution in [-0.2, 0) is 4.74 Å². The highest BCUT2D eigenvalue weighted by molar-refractivity contribution is 14.1. The lowest BCUT2D eigenvalue weighted by atomic mass is 9.93. The second-order valence-electron chi connectivity index (χ2n) is 6.96. The van der Waals surface area contributed by atoms with Crippen molar-refractivity contribution in [1.29, 1.82) is 0 Å². The van der Waals surface area contributed by atoms with Crippen molar-refractivity contribution >= 4 is 46.0 Å². The van der Waals surface area contributed by atoms with E-state index in [1.807, 2.05) is 20.8 Å². The Bertz CT molecular complexity index is 601. The van der Waals surface area contributed by atoms with Gasteiger partial charge in [-0.2, -0.15) is 0 Å². The average Bonchev–Trinajstić information content (AvgIpc) is 2.47. The van der Waals surface area contributed by atoms with Crippen molar-refractivity contribution in [2.24, 2.45) is 0 Å². The number of halogens is 3. The molecule has 1 fully saturated rings. The molecule has 1 aliphatic heterocycles. The van der Waals surface area contributed by atoms with Crippen molar-refractivity contribution < 1.29 is 13.9 Å². The van der Waals surface area contributed by atoms with Crippen molar-refractivity contribution in [3.8, 4) is 0 Å². The van der Waals surface area contributed by atoms with Gasteiger partial charge in [-0.3, -0.25) is 0 Å². The minimum atomic E-state index is -1.36. The maximum Gasteiger partial charge on any atom is 0.410 e. The highest BCUT2D eigenvalue weighted by Gasteiger charge is 2.37. The summed E-state index contributed by atoms with van der Waals surface area (Å²) < 4.78 is 21.2. The van der Waals surface area contributed by atoms with Gasteiger partial charge in [-0.15, -0.1) is 0 Å². The molecular formula is C16H22ClFIN3O2. The largest absolute Gasteiger partial charge is 0.444 e. The maximum atomic E-state index is 15.0. The van der Waals surface area contributed by atoms with Crippen molar-refractivity contribution in [3.05, 3.63) is 21.0 Å². The minimum absolute atomic E-state index is 0.172. The van der Waals surface area contributed by atoms with Crippen molar-refractivity contribution in [1.82, 2.24) is 9.88 Å². The maximum absolute atomic E-state index is 15.0. The van der Waals surface area contributed by atoms with E-state index in [9.17, 15) is 9.18 Å². The van der Waals surface area contributed by atoms with Crippen LogP contribution in [0.25, 0.3) is 0 Å². The van der Waals surface area contributed by atoms with E-state index in [4.69, 9.17) is 16.3 Å². The number of piperidine rings is 1. The second-order valence-corrected chi connectivity index (χ2v) is 8.51. The summed E-state index contributed by atoms with van der Waals surface area (Å²) in [4.78, 5) is 17.6. The summed E-state index contributed by atoms with van der Waals surface area (Å²) in [6, 6.07) is 1.68. The number of hydrogen-bond acceptors (Lipinski definition) is 4. The molecule has 8 heteroatoms. The predicted molar refractivity (Wildman–Crippen MR) is 101 cm³/mol. The van der Waals surface area contributed by atoms with Crippen LogP contribution in [0.1, 0.15) is 33.6 Å². The molecule has 0 radical (unpaired) electrons. The van der Waals surface area contributed by atoms with Crippen LogP contribution in [-0.4, -0.2) is 46.9 Å². The molecule has 0 bridgehead atoms. The molecule has 0 aliphatic carbocycles. The Balaban J connectivity index is 1.88. The lowest BCUT2D eigenvalue weighted by Gasteiger charge is -2.37. The third kappa shape index (κ3) is 5.61. The molecule has 2 heterocycles. The molecule has 1 saturated heterocycles. The van der Waals surface area contributed by atoms with E-state index < -0.39 is 11.3 Å². The number of aromatic nitrogens is 1. The van der Waals surface area contributed by atoms with Crippen LogP contribution in [0.2, 0.25) is 5.15 Å². The van der Waals surface area contributed by atoms with E-state index in [0.717, 1.165) is 9.26 Å². The van der Waals surface area contributed by atoms with E-state index >= 15 is 0 Å². The number of likely N-dealkylation sites (tertiary alicyclic amines) is 1. The number of carbonyl (C=O) groups excluding carboxylic acids is 1. The molecule has 1 aromatic rings. The average molecular weight is 470 g/mol. The lowest BCUT2D eigenvalue weighted by Crippen LogP contribution is -2.48. The Hall–Kier alpha value is -0.830. The van der Waals surface area contributed by atoms with Gasteiger partial charge in [0.25, 0.3) is 0 Å². The van der Waals surface area contributed by atoms with Crippen LogP contribution in [0.4, 0.5) is 14.9 Å². The molecule has 24 heavy (non-hydrogen) atoms. The topological polar surface area (TPSA) is 54.5 Å². The van der Waals surface area contributed by atoms with Crippen LogP contribution in [0, 0.1) is 3.57 Å². The van der Waals surface area contributed by atoms with E-state index in [2.05, 4.69) is 32.9 Å². The zero-order valence-electron chi connectivity index (χ0n) is 14.0. The van der Waals surface area contributed by atoms with Gasteiger partial charge in [0, 0.05) is 38.7 Å². The van der Waals surface area contributed by atoms with E-state index in [-0.39, 0.29) is 25.5 Å². The molecular weight excluding hydrogens is 448 g/mol. The Morgan fingerprint density at radius 2 is 2.12 bits per heavy atom. The molecule has 134 valence electrons. The summed E-state index contributed by atoms with van der Waals surface area (Å²) in [5.41, 5.74) is -1.14. The SMILES string of the molecule is CC(C)(C)OC(=O)N1CCC(F)(CNc2cc(Cl)ncc2I)CC1. The molecule has 1 N–H and O–H groups in total. The number of rotatable bonds is 3. The number of alkyl halides is 1. The number of nitrogens with zero attached hydrogens (tertiary/aromatic N) is 2. The van der Waals surface area contributed by atoms with Crippen LogP contribution in [0.3, 0.4) is 0 Å². The first kappa shape index (κ1) is 19.5. The number of nitrogens with one attached hydrogen (secondary N) is 1. The van der Waals surface area contributed by atoms with Crippen LogP contribution >= 0.6 is 34.2 Å². The summed E-state index contributed by atoms with van der Waals surface area (Å²) in [6.45, 7) is 6.33. The summed E-state index contributed by atoms with van der Waals surface area (Å²) in [5, 5.41) is 3.47. The first-order valence-electron chi connectivity index (χ1n) is 7.80. The number of carbonyl (C=O) groups is 1. The van der Waals surface area contributed by atoms with Crippen molar-refractivity contribution in [3.63, 3.8) is 0 Å². The third-order valence-corrected chi connectivity index (χ3v) is 4.80. The van der Waals surface area contributed by atoms with Gasteiger partial charge in [0.15, 0.2) is 0 Å². The van der Waals surface area contributed by atoms with Crippen molar-refractivity contribution in [2.75, 3.05) is 25.0 Å². The Morgan fingerprint density at radius 1 is 1.50 bits per heavy atom. The Kier molecular flexibility index (Phi) is 6.17. The zero-order chi connectivity index (χ0) is 18.0. The molecule has 2 rings (SSSR count). The van der Waals surface area contributed by atoms with Gasteiger partial charge in [-0.05, 0) is 49.4 Å². The van der Waals surface area contributed by atoms with Gasteiger partial charge in [0.05, 0.1) is 9.26 Å². The number of hydrogen-bond donors (Lipinski definition) is 1. The minimum Gasteiger partial charge on any atom is -0.444 e. The zero-order valence-corrected chi connectivity index (χ0v) is 16.9. The molecule has 0 spiro atoms. The van der Waals surface area contributed by atoms with E-state index in [1.165, 1.54) is 0 Å². The van der Waals surface area contributed by atoms with Gasteiger partial charge in [-0.25, -0.2) is 14.2 Å². The normalized spacial score (nSPS) is 17.5. The van der Waals surface area contributed by atoms with Gasteiger partial charge in [0.2, 0.25) is 0 Å². The Labute approximate surface area is 160 Å². The molecule has 0 unspecified atom stereocenters. The summed E-state index contributed by atoms with van der Waals surface area (Å²) >= 11 is 8.00. The number of ether oxygens (including phenoxy) is 1. The summed E-state index contributed by atoms with van der Waals surface area (Å²) in [7, 11) is 0. The molecule has 0 aromatic carbocycles. The quantitative estimate of drug-likeness (QED) is 0.523. The number of amides is 1. The van der Waals surface area contributed by atoms with Gasteiger partial charge >= 0.3 is 6.09 Å². The molecule has 1 aromatic heterocycles. The molecule has 0 atom stereocenters. The standard InChI is InChI=1S/C16H22ClFIN3O2/c1-15(2,3)24-14(23)22-6-4-16(18,5-7-22)10-21-12-8-13(17)20-9-11(12)19/h8-9H,4-7,10H2,1-3H3,(H,20,21). The Morgan fingerprint density at radius 3 is 2.71 bits per heavy atom. The number of anilines is 1. The lowest BCUT2D eigenvalue weighted by molar-refractivity contribution is 0.00576. The highest BCUT2D eigenvalue weighted by atomic mass is 127. The fourth-order valence-electron chi connectivity index (χ4n) is 2.40. The molecule has 0 saturated carbocycles. The van der Waals surface area contributed by atoms with Crippen molar-refractivity contribution in [2.45, 2.75) is 44.9 Å². The molecule has 1 aliphatic rings. The van der Waals surface area contributed by atoms with Gasteiger partial charge in [-0.1, -0.05) is 11.6 Å². The highest BCUT2D eigenvalue weighted by Crippen LogP contribution is 2.29. The molecule has 1 amide bonds. The second kappa shape index (κ2) is 7.59. The first-order valence-corrected chi connectivity index (χ1v) is 9.25. The molecule has 5 nitrogen and oxygen atoms in total. The fraction of sp³-hybridized carbons (Fsp3) is 0.625. The van der Waals surface area contributed by atoms with Crippen LogP contribution in [0.5, 0.6) is 0 Å². The number of pyridine rings is 1. The summed E-state index contributed by atoms with van der Waals surface area (Å²) in [6.07, 6.45) is 1.80. The smallest absolute Gasteiger partial charge is 0.410 e. The first-order chi connectivity index (χ1) is 11.1. The van der Waals surface area contributed by atoms with Crippen LogP contribution in [0.15, 0.2) is 12.3 Å². The monoisotopic (exact) mass is 469 g/mol. The van der Waals surface area contributed by atoms with E-state index in [0.29, 0.717) is 18.2 Å². The van der Waals surface area contributed by atoms with Crippen LogP contribution < -0.4 is 5.32 Å². The van der Waals surface area contributed by atoms with Gasteiger partial charge < -0.3 is 15.0 Å². The van der Waals surface area contributed by atoms with E-state index in [1.54, 1.807) is 17.2 Å². The van der Waals surface area contributed by atoms with Gasteiger partial charge in [0.1, 0.15) is 16.4 Å². The third-order valence-electron chi connectivity index (χ3n) is 3.73. The fourth-order valence-corrected chi connectivity index (χ4v) is 3.04.